The number of aromatic nitrogens is 2. The second-order valence-electron chi connectivity index (χ2n) is 8.48. The molecule has 2 aromatic rings. The van der Waals surface area contributed by atoms with Crippen LogP contribution in [0.1, 0.15) is 38.5 Å². The van der Waals surface area contributed by atoms with Gasteiger partial charge in [-0.25, -0.2) is 13.8 Å². The van der Waals surface area contributed by atoms with E-state index in [-0.39, 0.29) is 49.0 Å². The van der Waals surface area contributed by atoms with Gasteiger partial charge >= 0.3 is 0 Å². The topological polar surface area (TPSA) is 64.4 Å². The Morgan fingerprint density at radius 3 is 2.57 bits per heavy atom. The van der Waals surface area contributed by atoms with Crippen LogP contribution in [-0.4, -0.2) is 46.5 Å². The molecule has 1 saturated heterocycles. The van der Waals surface area contributed by atoms with E-state index in [2.05, 4.69) is 4.98 Å². The molecule has 2 fully saturated rings. The third-order valence-corrected chi connectivity index (χ3v) is 6.48. The molecule has 30 heavy (non-hydrogen) atoms. The number of piperidine rings is 1. The van der Waals surface area contributed by atoms with E-state index in [1.807, 2.05) is 4.90 Å². The Labute approximate surface area is 173 Å². The third kappa shape index (κ3) is 4.32. The molecule has 1 saturated carbocycles. The zero-order valence-electron chi connectivity index (χ0n) is 17.2. The van der Waals surface area contributed by atoms with E-state index in [0.29, 0.717) is 36.3 Å². The van der Waals surface area contributed by atoms with E-state index >= 15 is 0 Å². The number of carbonyl (C=O) groups excluding carboxylic acids is 1. The number of methoxy groups -OCH3 is 1. The second kappa shape index (κ2) is 8.32. The Hall–Kier alpha value is -2.51. The zero-order chi connectivity index (χ0) is 21.3. The first-order chi connectivity index (χ1) is 14.4. The van der Waals surface area contributed by atoms with Gasteiger partial charge in [0.15, 0.2) is 0 Å². The van der Waals surface area contributed by atoms with E-state index < -0.39 is 5.92 Å². The van der Waals surface area contributed by atoms with Gasteiger partial charge in [-0.3, -0.25) is 14.2 Å². The van der Waals surface area contributed by atoms with Crippen molar-refractivity contribution in [1.29, 1.82) is 0 Å². The molecule has 2 heterocycles. The number of nitrogens with zero attached hydrogens (tertiary/aromatic N) is 3. The number of halogens is 2. The average molecular weight is 419 g/mol. The van der Waals surface area contributed by atoms with Gasteiger partial charge in [0.05, 0.1) is 24.3 Å². The molecule has 1 aromatic heterocycles. The average Bonchev–Trinajstić information content (AvgIpc) is 2.75. The van der Waals surface area contributed by atoms with Crippen molar-refractivity contribution in [3.05, 3.63) is 34.9 Å². The Morgan fingerprint density at radius 2 is 1.90 bits per heavy atom. The van der Waals surface area contributed by atoms with Crippen molar-refractivity contribution < 1.29 is 18.3 Å². The van der Waals surface area contributed by atoms with Gasteiger partial charge in [0, 0.05) is 44.5 Å². The maximum absolute atomic E-state index is 13.3. The molecule has 162 valence electrons. The summed E-state index contributed by atoms with van der Waals surface area (Å²) in [7, 11) is 1.57. The standard InChI is InChI=1S/C22H27F2N3O3/c1-30-17-2-3-18-19(12-17)25-14-27(21(18)29)13-15-6-10-26(11-7-15)20(28)16-4-8-22(23,24)9-5-16/h2-3,12,14-16H,4-11,13H2,1H3. The SMILES string of the molecule is COc1ccc2c(=O)n(CC3CCN(C(=O)C4CCC(F)(F)CC4)CC3)cnc2c1. The normalized spacial score (nSPS) is 20.4. The molecule has 2 aliphatic rings. The monoisotopic (exact) mass is 419 g/mol. The molecule has 1 aromatic carbocycles. The maximum atomic E-state index is 13.3. The molecule has 0 radical (unpaired) electrons. The molecule has 0 bridgehead atoms. The molecule has 1 aliphatic carbocycles. The smallest absolute Gasteiger partial charge is 0.261 e. The van der Waals surface area contributed by atoms with Gasteiger partial charge < -0.3 is 9.64 Å². The zero-order valence-corrected chi connectivity index (χ0v) is 17.2. The van der Waals surface area contributed by atoms with Crippen molar-refractivity contribution in [2.75, 3.05) is 20.2 Å². The van der Waals surface area contributed by atoms with Crippen LogP contribution in [0.3, 0.4) is 0 Å². The summed E-state index contributed by atoms with van der Waals surface area (Å²) in [6.45, 7) is 1.79. The molecule has 0 N–H and O–H groups in total. The number of ether oxygens (including phenoxy) is 1. The van der Waals surface area contributed by atoms with Crippen molar-refractivity contribution >= 4 is 16.8 Å². The number of amides is 1. The molecule has 1 amide bonds. The molecule has 0 atom stereocenters. The summed E-state index contributed by atoms with van der Waals surface area (Å²) in [5.41, 5.74) is 0.526. The fourth-order valence-corrected chi connectivity index (χ4v) is 4.55. The van der Waals surface area contributed by atoms with Crippen LogP contribution in [0, 0.1) is 11.8 Å². The number of hydrogen-bond acceptors (Lipinski definition) is 4. The van der Waals surface area contributed by atoms with E-state index in [1.54, 1.807) is 36.2 Å². The van der Waals surface area contributed by atoms with Crippen LogP contribution in [-0.2, 0) is 11.3 Å². The minimum atomic E-state index is -2.62. The number of carbonyl (C=O) groups is 1. The summed E-state index contributed by atoms with van der Waals surface area (Å²) in [4.78, 5) is 31.7. The quantitative estimate of drug-likeness (QED) is 0.761. The number of likely N-dealkylation sites (tertiary alicyclic amines) is 1. The van der Waals surface area contributed by atoms with Crippen LogP contribution >= 0.6 is 0 Å². The molecule has 4 rings (SSSR count). The predicted octanol–water partition coefficient (Wildman–Crippen LogP) is 3.47. The molecule has 0 spiro atoms. The number of benzene rings is 1. The summed E-state index contributed by atoms with van der Waals surface area (Å²) >= 11 is 0. The molecular formula is C22H27F2N3O3. The Kier molecular flexibility index (Phi) is 5.75. The maximum Gasteiger partial charge on any atom is 0.261 e. The first-order valence-electron chi connectivity index (χ1n) is 10.6. The van der Waals surface area contributed by atoms with Crippen molar-refractivity contribution in [3.63, 3.8) is 0 Å². The fourth-order valence-electron chi connectivity index (χ4n) is 4.55. The Balaban J connectivity index is 1.35. The predicted molar refractivity (Wildman–Crippen MR) is 109 cm³/mol. The lowest BCUT2D eigenvalue weighted by molar-refractivity contribution is -0.141. The molecule has 6 nitrogen and oxygen atoms in total. The van der Waals surface area contributed by atoms with Crippen LogP contribution in [0.15, 0.2) is 29.3 Å². The van der Waals surface area contributed by atoms with E-state index in [1.165, 1.54) is 0 Å². The first kappa shape index (κ1) is 20.8. The highest BCUT2D eigenvalue weighted by Crippen LogP contribution is 2.37. The fraction of sp³-hybridized carbons (Fsp3) is 0.591. The highest BCUT2D eigenvalue weighted by atomic mass is 19.3. The number of rotatable bonds is 4. The lowest BCUT2D eigenvalue weighted by atomic mass is 9.85. The van der Waals surface area contributed by atoms with Crippen LogP contribution < -0.4 is 10.3 Å². The highest BCUT2D eigenvalue weighted by molar-refractivity contribution is 5.79. The van der Waals surface area contributed by atoms with Crippen LogP contribution in [0.4, 0.5) is 8.78 Å². The Bertz CT molecular complexity index is 973. The minimum Gasteiger partial charge on any atom is -0.497 e. The van der Waals surface area contributed by atoms with E-state index in [9.17, 15) is 18.4 Å². The van der Waals surface area contributed by atoms with Crippen LogP contribution in [0.25, 0.3) is 10.9 Å². The van der Waals surface area contributed by atoms with E-state index in [4.69, 9.17) is 4.74 Å². The lowest BCUT2D eigenvalue weighted by Crippen LogP contribution is -2.44. The summed E-state index contributed by atoms with van der Waals surface area (Å²) < 4.78 is 33.5. The van der Waals surface area contributed by atoms with Gasteiger partial charge in [-0.2, -0.15) is 0 Å². The summed E-state index contributed by atoms with van der Waals surface area (Å²) in [6, 6.07) is 5.22. The van der Waals surface area contributed by atoms with Crippen molar-refractivity contribution in [2.45, 2.75) is 51.0 Å². The largest absolute Gasteiger partial charge is 0.497 e. The number of alkyl halides is 2. The number of fused-ring (bicyclic) bond motifs is 1. The van der Waals surface area contributed by atoms with Gasteiger partial charge in [0.1, 0.15) is 5.75 Å². The van der Waals surface area contributed by atoms with Crippen LogP contribution in [0.5, 0.6) is 5.75 Å². The van der Waals surface area contributed by atoms with Gasteiger partial charge in [-0.1, -0.05) is 0 Å². The molecule has 1 aliphatic heterocycles. The van der Waals surface area contributed by atoms with Crippen molar-refractivity contribution in [1.82, 2.24) is 14.5 Å². The summed E-state index contributed by atoms with van der Waals surface area (Å²) in [6.07, 6.45) is 3.32. The molecule has 8 heteroatoms. The van der Waals surface area contributed by atoms with Gasteiger partial charge in [-0.15, -0.1) is 0 Å². The summed E-state index contributed by atoms with van der Waals surface area (Å²) in [5.74, 6) is -1.94. The van der Waals surface area contributed by atoms with Gasteiger partial charge in [0.25, 0.3) is 5.56 Å². The van der Waals surface area contributed by atoms with Gasteiger partial charge in [-0.05, 0) is 43.7 Å². The number of hydrogen-bond donors (Lipinski definition) is 0. The Morgan fingerprint density at radius 1 is 1.20 bits per heavy atom. The van der Waals surface area contributed by atoms with Crippen molar-refractivity contribution in [2.24, 2.45) is 11.8 Å². The van der Waals surface area contributed by atoms with Gasteiger partial charge in [0.2, 0.25) is 11.8 Å². The minimum absolute atomic E-state index is 0.0161. The molecular weight excluding hydrogens is 392 g/mol. The van der Waals surface area contributed by atoms with E-state index in [0.717, 1.165) is 12.8 Å². The van der Waals surface area contributed by atoms with Crippen LogP contribution in [0.2, 0.25) is 0 Å². The summed E-state index contributed by atoms with van der Waals surface area (Å²) in [5, 5.41) is 0.556. The first-order valence-corrected chi connectivity index (χ1v) is 10.6. The molecule has 0 unspecified atom stereocenters. The third-order valence-electron chi connectivity index (χ3n) is 6.48. The lowest BCUT2D eigenvalue weighted by Gasteiger charge is -2.36. The second-order valence-corrected chi connectivity index (χ2v) is 8.48. The van der Waals surface area contributed by atoms with Crippen molar-refractivity contribution in [3.8, 4) is 5.75 Å². The highest BCUT2D eigenvalue weighted by Gasteiger charge is 2.39.